The molecule has 0 heterocycles. The lowest BCUT2D eigenvalue weighted by Crippen LogP contribution is -2.14. The molecule has 2 aromatic rings. The number of benzene rings is 2. The number of nitro groups is 1. The van der Waals surface area contributed by atoms with E-state index in [-0.39, 0.29) is 22.8 Å². The van der Waals surface area contributed by atoms with Gasteiger partial charge >= 0.3 is 11.7 Å². The Morgan fingerprint density at radius 2 is 1.54 bits per heavy atom. The van der Waals surface area contributed by atoms with Crippen LogP contribution < -0.4 is 18.9 Å². The fraction of sp³-hybridized carbons (Fsp3) is 0.278. The summed E-state index contributed by atoms with van der Waals surface area (Å²) in [7, 11) is 3.91. The van der Waals surface area contributed by atoms with E-state index in [1.54, 1.807) is 26.0 Å². The summed E-state index contributed by atoms with van der Waals surface area (Å²) in [4.78, 5) is 23.6. The van der Waals surface area contributed by atoms with Gasteiger partial charge in [0.25, 0.3) is 0 Å². The highest BCUT2D eigenvalue weighted by Crippen LogP contribution is 2.46. The average Bonchev–Trinajstić information content (AvgIpc) is 2.62. The Hall–Kier alpha value is -3.29. The smallest absolute Gasteiger partial charge is 0.350 e. The summed E-state index contributed by atoms with van der Waals surface area (Å²) in [6.07, 6.45) is 0. The minimum Gasteiger partial charge on any atom is -0.493 e. The normalized spacial score (nSPS) is 10.2. The maximum Gasteiger partial charge on any atom is 0.350 e. The van der Waals surface area contributed by atoms with Crippen LogP contribution in [0.5, 0.6) is 23.0 Å². The molecule has 0 aliphatic rings. The molecule has 0 atom stereocenters. The number of nitro benzene ring substituents is 1. The molecule has 2 rings (SSSR count). The van der Waals surface area contributed by atoms with Gasteiger partial charge in [-0.1, -0.05) is 18.2 Å². The van der Waals surface area contributed by atoms with Crippen molar-refractivity contribution in [1.29, 1.82) is 0 Å². The van der Waals surface area contributed by atoms with E-state index in [1.807, 2.05) is 6.07 Å². The van der Waals surface area contributed by atoms with Crippen LogP contribution in [0.4, 0.5) is 5.69 Å². The number of carbonyl (C=O) groups is 1. The van der Waals surface area contributed by atoms with Crippen molar-refractivity contribution in [3.05, 3.63) is 51.1 Å². The molecule has 0 spiro atoms. The molecule has 0 fully saturated rings. The maximum absolute atomic E-state index is 12.7. The van der Waals surface area contributed by atoms with Crippen LogP contribution in [-0.4, -0.2) is 32.2 Å². The second kappa shape index (κ2) is 7.73. The number of para-hydroxylation sites is 1. The van der Waals surface area contributed by atoms with E-state index in [2.05, 4.69) is 0 Å². The Kier molecular flexibility index (Phi) is 5.66. The Labute approximate surface area is 150 Å². The van der Waals surface area contributed by atoms with Crippen molar-refractivity contribution < 1.29 is 28.7 Å². The second-order valence-corrected chi connectivity index (χ2v) is 5.41. The second-order valence-electron chi connectivity index (χ2n) is 5.41. The summed E-state index contributed by atoms with van der Waals surface area (Å²) < 4.78 is 20.8. The molecule has 8 heteroatoms. The quantitative estimate of drug-likeness (QED) is 0.336. The first-order chi connectivity index (χ1) is 12.3. The van der Waals surface area contributed by atoms with Gasteiger partial charge in [-0.3, -0.25) is 10.1 Å². The molecule has 0 aromatic heterocycles. The van der Waals surface area contributed by atoms with E-state index in [1.165, 1.54) is 27.4 Å². The molecule has 0 saturated carbocycles. The van der Waals surface area contributed by atoms with Crippen LogP contribution in [0.3, 0.4) is 0 Å². The molecule has 0 saturated heterocycles. The SMILES string of the molecule is COc1cc(C(=O)Oc2c(C)cccc2C)c([N+](=O)[O-])c(OC)c1OC. The van der Waals surface area contributed by atoms with Crippen molar-refractivity contribution in [2.45, 2.75) is 13.8 Å². The molecule has 26 heavy (non-hydrogen) atoms. The van der Waals surface area contributed by atoms with Gasteiger partial charge in [-0.25, -0.2) is 4.79 Å². The predicted molar refractivity (Wildman–Crippen MR) is 93.6 cm³/mol. The molecule has 8 nitrogen and oxygen atoms in total. The van der Waals surface area contributed by atoms with Gasteiger partial charge in [0.15, 0.2) is 5.75 Å². The third kappa shape index (κ3) is 3.39. The van der Waals surface area contributed by atoms with Crippen molar-refractivity contribution in [3.63, 3.8) is 0 Å². The van der Waals surface area contributed by atoms with Gasteiger partial charge in [0.2, 0.25) is 11.5 Å². The number of methoxy groups -OCH3 is 3. The van der Waals surface area contributed by atoms with Gasteiger partial charge in [0.1, 0.15) is 11.3 Å². The van der Waals surface area contributed by atoms with Gasteiger partial charge in [-0.05, 0) is 25.0 Å². The van der Waals surface area contributed by atoms with Crippen LogP contribution in [0.2, 0.25) is 0 Å². The Bertz CT molecular complexity index is 841. The molecule has 0 bridgehead atoms. The highest BCUT2D eigenvalue weighted by atomic mass is 16.6. The zero-order valence-electron chi connectivity index (χ0n) is 15.1. The Morgan fingerprint density at radius 3 is 2.00 bits per heavy atom. The summed E-state index contributed by atoms with van der Waals surface area (Å²) in [5.41, 5.74) is 0.607. The van der Waals surface area contributed by atoms with Crippen molar-refractivity contribution >= 4 is 11.7 Å². The number of aryl methyl sites for hydroxylation is 2. The van der Waals surface area contributed by atoms with E-state index >= 15 is 0 Å². The zero-order chi connectivity index (χ0) is 19.4. The fourth-order valence-electron chi connectivity index (χ4n) is 2.59. The topological polar surface area (TPSA) is 97.1 Å². The lowest BCUT2D eigenvalue weighted by atomic mass is 10.1. The predicted octanol–water partition coefficient (Wildman–Crippen LogP) is 3.46. The summed E-state index contributed by atoms with van der Waals surface area (Å²) >= 11 is 0. The molecule has 0 aliphatic carbocycles. The van der Waals surface area contributed by atoms with Gasteiger partial charge in [0.05, 0.1) is 26.3 Å². The van der Waals surface area contributed by atoms with E-state index in [0.29, 0.717) is 5.75 Å². The molecule has 138 valence electrons. The lowest BCUT2D eigenvalue weighted by Gasteiger charge is -2.15. The number of rotatable bonds is 6. The highest BCUT2D eigenvalue weighted by Gasteiger charge is 2.33. The number of hydrogen-bond acceptors (Lipinski definition) is 7. The van der Waals surface area contributed by atoms with Gasteiger partial charge in [0, 0.05) is 6.07 Å². The van der Waals surface area contributed by atoms with E-state index in [0.717, 1.165) is 11.1 Å². The monoisotopic (exact) mass is 361 g/mol. The van der Waals surface area contributed by atoms with E-state index in [9.17, 15) is 14.9 Å². The van der Waals surface area contributed by atoms with Crippen LogP contribution in [0.25, 0.3) is 0 Å². The number of ether oxygens (including phenoxy) is 4. The average molecular weight is 361 g/mol. The van der Waals surface area contributed by atoms with Crippen molar-refractivity contribution in [1.82, 2.24) is 0 Å². The highest BCUT2D eigenvalue weighted by molar-refractivity contribution is 5.98. The number of nitrogens with zero attached hydrogens (tertiary/aromatic N) is 1. The van der Waals surface area contributed by atoms with Crippen LogP contribution >= 0.6 is 0 Å². The van der Waals surface area contributed by atoms with Crippen LogP contribution in [0, 0.1) is 24.0 Å². The number of hydrogen-bond donors (Lipinski definition) is 0. The molecule has 2 aromatic carbocycles. The largest absolute Gasteiger partial charge is 0.493 e. The first-order valence-corrected chi connectivity index (χ1v) is 7.61. The van der Waals surface area contributed by atoms with Crippen molar-refractivity contribution in [2.24, 2.45) is 0 Å². The third-order valence-electron chi connectivity index (χ3n) is 3.81. The van der Waals surface area contributed by atoms with Crippen LogP contribution in [0.15, 0.2) is 24.3 Å². The van der Waals surface area contributed by atoms with Gasteiger partial charge < -0.3 is 18.9 Å². The van der Waals surface area contributed by atoms with Gasteiger partial charge in [-0.15, -0.1) is 0 Å². The number of carbonyl (C=O) groups excluding carboxylic acids is 1. The summed E-state index contributed by atoms with van der Waals surface area (Å²) in [6, 6.07) is 6.58. The lowest BCUT2D eigenvalue weighted by molar-refractivity contribution is -0.386. The zero-order valence-corrected chi connectivity index (χ0v) is 15.1. The summed E-state index contributed by atoms with van der Waals surface area (Å²) in [5.74, 6) is -0.632. The standard InChI is InChI=1S/C18H19NO7/c1-10-7-6-8-11(2)15(10)26-18(20)12-9-13(23-3)16(24-4)17(25-5)14(12)19(21)22/h6-9H,1-5H3. The molecule has 0 radical (unpaired) electrons. The summed E-state index contributed by atoms with van der Waals surface area (Å²) in [5, 5.41) is 11.6. The summed E-state index contributed by atoms with van der Waals surface area (Å²) in [6.45, 7) is 3.55. The Morgan fingerprint density at radius 1 is 0.962 bits per heavy atom. The van der Waals surface area contributed by atoms with Gasteiger partial charge in [-0.2, -0.15) is 0 Å². The van der Waals surface area contributed by atoms with Crippen molar-refractivity contribution in [3.8, 4) is 23.0 Å². The Balaban J connectivity index is 2.64. The minimum absolute atomic E-state index is 0.0188. The van der Waals surface area contributed by atoms with Crippen LogP contribution in [0.1, 0.15) is 21.5 Å². The van der Waals surface area contributed by atoms with Crippen LogP contribution in [-0.2, 0) is 0 Å². The van der Waals surface area contributed by atoms with E-state index < -0.39 is 16.6 Å². The third-order valence-corrected chi connectivity index (χ3v) is 3.81. The molecular weight excluding hydrogens is 342 g/mol. The molecule has 0 unspecified atom stereocenters. The number of esters is 1. The molecule has 0 amide bonds. The first-order valence-electron chi connectivity index (χ1n) is 7.61. The fourth-order valence-corrected chi connectivity index (χ4v) is 2.59. The molecular formula is C18H19NO7. The first kappa shape index (κ1) is 19.0. The van der Waals surface area contributed by atoms with E-state index in [4.69, 9.17) is 18.9 Å². The minimum atomic E-state index is -0.895. The van der Waals surface area contributed by atoms with Crippen molar-refractivity contribution in [2.75, 3.05) is 21.3 Å². The molecule has 0 N–H and O–H groups in total. The maximum atomic E-state index is 12.7. The molecule has 0 aliphatic heterocycles.